The summed E-state index contributed by atoms with van der Waals surface area (Å²) in [5, 5.41) is 11.1. The molecule has 1 aliphatic rings. The van der Waals surface area contributed by atoms with Gasteiger partial charge in [0, 0.05) is 39.7 Å². The van der Waals surface area contributed by atoms with Crippen molar-refractivity contribution in [2.75, 3.05) is 5.32 Å². The van der Waals surface area contributed by atoms with E-state index in [0.29, 0.717) is 16.3 Å². The molecule has 2 amide bonds. The Morgan fingerprint density at radius 1 is 1.21 bits per heavy atom. The van der Waals surface area contributed by atoms with Crippen LogP contribution in [-0.4, -0.2) is 32.4 Å². The van der Waals surface area contributed by atoms with Crippen LogP contribution in [0.2, 0.25) is 5.02 Å². The highest BCUT2D eigenvalue weighted by molar-refractivity contribution is 7.13. The van der Waals surface area contributed by atoms with Gasteiger partial charge < -0.3 is 10.6 Å². The minimum atomic E-state index is -2.66. The summed E-state index contributed by atoms with van der Waals surface area (Å²) < 4.78 is 47.5. The highest BCUT2D eigenvalue weighted by atomic mass is 35.5. The van der Waals surface area contributed by atoms with Gasteiger partial charge in [-0.05, 0) is 41.9 Å². The van der Waals surface area contributed by atoms with Crippen molar-refractivity contribution >= 4 is 61.6 Å². The van der Waals surface area contributed by atoms with Crippen LogP contribution in [0.15, 0.2) is 48.5 Å². The number of fused-ring (bicyclic) bond motifs is 4. The highest BCUT2D eigenvalue weighted by Gasteiger charge is 2.38. The normalized spacial score (nSPS) is 14.9. The van der Waals surface area contributed by atoms with E-state index < -0.39 is 36.5 Å². The number of carbonyl (C=O) groups excluding carboxylic acids is 2. The standard InChI is InChI=1S/C26H17ClF3N5O2S/c1-35-17(10-19(29)30)14-9-16(31-26(37)24-12-4-2-3-5-18(12)38-34-24)20-21(23(14)33-35)25(36)32-22(20)13-8-11(28)6-7-15(13)27/h2-9,19,22H,10H2,1H3,(H,31,37)(H,32,36)/t22-/m0/s1. The third kappa shape index (κ3) is 3.89. The molecule has 1 aliphatic heterocycles. The maximum Gasteiger partial charge on any atom is 0.276 e. The van der Waals surface area contributed by atoms with Crippen LogP contribution < -0.4 is 10.6 Å². The predicted octanol–water partition coefficient (Wildman–Crippen LogP) is 5.87. The summed E-state index contributed by atoms with van der Waals surface area (Å²) in [4.78, 5) is 26.7. The summed E-state index contributed by atoms with van der Waals surface area (Å²) in [6.45, 7) is 0. The number of nitrogens with one attached hydrogen (secondary N) is 2. The zero-order valence-corrected chi connectivity index (χ0v) is 21.1. The second-order valence-corrected chi connectivity index (χ2v) is 10.0. The van der Waals surface area contributed by atoms with Gasteiger partial charge in [-0.1, -0.05) is 29.8 Å². The van der Waals surface area contributed by atoms with Gasteiger partial charge in [-0.15, -0.1) is 0 Å². The molecule has 3 heterocycles. The van der Waals surface area contributed by atoms with Gasteiger partial charge in [0.2, 0.25) is 6.43 Å². The van der Waals surface area contributed by atoms with E-state index in [-0.39, 0.29) is 38.7 Å². The molecule has 6 rings (SSSR count). The fourth-order valence-corrected chi connectivity index (χ4v) is 5.89. The molecule has 0 spiro atoms. The lowest BCUT2D eigenvalue weighted by Gasteiger charge is -2.18. The zero-order chi connectivity index (χ0) is 26.7. The second-order valence-electron chi connectivity index (χ2n) is 8.83. The molecule has 0 bridgehead atoms. The number of nitrogens with zero attached hydrogens (tertiary/aromatic N) is 3. The molecule has 5 aromatic rings. The summed E-state index contributed by atoms with van der Waals surface area (Å²) in [6, 6.07) is 11.6. The van der Waals surface area contributed by atoms with Crippen LogP contribution in [0.4, 0.5) is 18.9 Å². The molecule has 0 saturated carbocycles. The molecule has 0 fully saturated rings. The predicted molar refractivity (Wildman–Crippen MR) is 139 cm³/mol. The number of amides is 2. The number of hydrogen-bond acceptors (Lipinski definition) is 5. The Kier molecular flexibility index (Phi) is 5.84. The number of aryl methyl sites for hydroxylation is 1. The molecule has 7 nitrogen and oxygen atoms in total. The molecule has 2 N–H and O–H groups in total. The van der Waals surface area contributed by atoms with Gasteiger partial charge in [-0.3, -0.25) is 14.3 Å². The molecule has 0 saturated heterocycles. The van der Waals surface area contributed by atoms with E-state index in [1.165, 1.54) is 36.0 Å². The number of benzene rings is 3. The second kappa shape index (κ2) is 9.10. The van der Waals surface area contributed by atoms with Gasteiger partial charge in [-0.2, -0.15) is 9.47 Å². The molecule has 12 heteroatoms. The number of hydrogen-bond donors (Lipinski definition) is 2. The number of carbonyl (C=O) groups is 2. The third-order valence-corrected chi connectivity index (χ3v) is 7.71. The Balaban J connectivity index is 1.57. The smallest absolute Gasteiger partial charge is 0.276 e. The van der Waals surface area contributed by atoms with Crippen molar-refractivity contribution in [3.8, 4) is 0 Å². The van der Waals surface area contributed by atoms with Gasteiger partial charge in [-0.25, -0.2) is 13.2 Å². The molecular weight excluding hydrogens is 539 g/mol. The number of rotatable bonds is 5. The van der Waals surface area contributed by atoms with Gasteiger partial charge in [0.15, 0.2) is 0 Å². The highest BCUT2D eigenvalue weighted by Crippen LogP contribution is 2.43. The van der Waals surface area contributed by atoms with Gasteiger partial charge >= 0.3 is 0 Å². The van der Waals surface area contributed by atoms with Crippen LogP contribution >= 0.6 is 23.1 Å². The van der Waals surface area contributed by atoms with E-state index in [0.717, 1.165) is 16.2 Å². The Morgan fingerprint density at radius 3 is 2.79 bits per heavy atom. The van der Waals surface area contributed by atoms with E-state index in [9.17, 15) is 22.8 Å². The van der Waals surface area contributed by atoms with Crippen LogP contribution in [-0.2, 0) is 13.5 Å². The lowest BCUT2D eigenvalue weighted by Crippen LogP contribution is -2.21. The molecular formula is C26H17ClF3N5O2S. The lowest BCUT2D eigenvalue weighted by atomic mass is 9.93. The van der Waals surface area contributed by atoms with E-state index in [4.69, 9.17) is 11.6 Å². The molecule has 3 aromatic carbocycles. The number of aromatic nitrogens is 3. The minimum absolute atomic E-state index is 0.0994. The van der Waals surface area contributed by atoms with Gasteiger partial charge in [0.1, 0.15) is 17.0 Å². The first-order valence-corrected chi connectivity index (χ1v) is 12.6. The van der Waals surface area contributed by atoms with E-state index in [1.54, 1.807) is 12.1 Å². The summed E-state index contributed by atoms with van der Waals surface area (Å²) in [5.74, 6) is -1.66. The van der Waals surface area contributed by atoms with Gasteiger partial charge in [0.05, 0.1) is 28.4 Å². The summed E-state index contributed by atoms with van der Waals surface area (Å²) in [6.07, 6.45) is -3.26. The largest absolute Gasteiger partial charge is 0.341 e. The van der Waals surface area contributed by atoms with E-state index in [2.05, 4.69) is 20.1 Å². The monoisotopic (exact) mass is 555 g/mol. The maximum absolute atomic E-state index is 14.2. The molecule has 38 heavy (non-hydrogen) atoms. The molecule has 0 unspecified atom stereocenters. The zero-order valence-electron chi connectivity index (χ0n) is 19.6. The molecule has 1 atom stereocenters. The van der Waals surface area contributed by atoms with Crippen LogP contribution in [0.5, 0.6) is 0 Å². The van der Waals surface area contributed by atoms with Crippen molar-refractivity contribution in [2.45, 2.75) is 18.9 Å². The summed E-state index contributed by atoms with van der Waals surface area (Å²) in [7, 11) is 1.51. The summed E-state index contributed by atoms with van der Waals surface area (Å²) in [5.41, 5.74) is 1.44. The average molecular weight is 556 g/mol. The number of halogens is 4. The topological polar surface area (TPSA) is 88.9 Å². The molecule has 192 valence electrons. The first kappa shape index (κ1) is 24.4. The fourth-order valence-electron chi connectivity index (χ4n) is 4.89. The van der Waals surface area contributed by atoms with Crippen LogP contribution in [0.1, 0.15) is 43.7 Å². The van der Waals surface area contributed by atoms with Crippen LogP contribution in [0.3, 0.4) is 0 Å². The van der Waals surface area contributed by atoms with Gasteiger partial charge in [0.25, 0.3) is 11.8 Å². The Morgan fingerprint density at radius 2 is 2.00 bits per heavy atom. The van der Waals surface area contributed by atoms with Crippen molar-refractivity contribution in [3.05, 3.63) is 87.4 Å². The van der Waals surface area contributed by atoms with Crippen LogP contribution in [0, 0.1) is 5.82 Å². The average Bonchev–Trinajstić information content (AvgIpc) is 3.55. The first-order chi connectivity index (χ1) is 18.2. The Hall–Kier alpha value is -3.96. The first-order valence-electron chi connectivity index (χ1n) is 11.4. The van der Waals surface area contributed by atoms with Crippen molar-refractivity contribution in [1.82, 2.24) is 19.5 Å². The lowest BCUT2D eigenvalue weighted by molar-refractivity contribution is 0.0960. The van der Waals surface area contributed by atoms with E-state index in [1.807, 2.05) is 12.1 Å². The minimum Gasteiger partial charge on any atom is -0.341 e. The third-order valence-electron chi connectivity index (χ3n) is 6.54. The maximum atomic E-state index is 14.2. The molecule has 2 aromatic heterocycles. The van der Waals surface area contributed by atoms with Crippen LogP contribution in [0.25, 0.3) is 21.0 Å². The van der Waals surface area contributed by atoms with Crippen molar-refractivity contribution in [1.29, 1.82) is 0 Å². The number of alkyl halides is 2. The summed E-state index contributed by atoms with van der Waals surface area (Å²) >= 11 is 7.54. The number of anilines is 1. The van der Waals surface area contributed by atoms with Crippen molar-refractivity contribution in [2.24, 2.45) is 7.05 Å². The Bertz CT molecular complexity index is 1780. The van der Waals surface area contributed by atoms with Crippen molar-refractivity contribution < 1.29 is 22.8 Å². The quantitative estimate of drug-likeness (QED) is 0.284. The van der Waals surface area contributed by atoms with Crippen molar-refractivity contribution in [3.63, 3.8) is 0 Å². The molecule has 0 aliphatic carbocycles. The Labute approximate surface area is 222 Å². The van der Waals surface area contributed by atoms with E-state index >= 15 is 0 Å². The fraction of sp³-hybridized carbons (Fsp3) is 0.154. The molecule has 0 radical (unpaired) electrons. The SMILES string of the molecule is Cn1nc2c3c(c(NC(=O)c4nsc5ccccc45)cc2c1CC(F)F)[C@H](c1cc(F)ccc1Cl)NC3=O.